The van der Waals surface area contributed by atoms with Gasteiger partial charge in [0.15, 0.2) is 2.82 Å². The topological polar surface area (TPSA) is 95.6 Å². The number of rotatable bonds is 5. The Bertz CT molecular complexity index is 1400. The predicted octanol–water partition coefficient (Wildman–Crippen LogP) is 2.51. The largest absolute Gasteiger partial charge is 0.349 e. The molecule has 2 aromatic rings. The van der Waals surface area contributed by atoms with Crippen LogP contribution in [0.5, 0.6) is 0 Å². The van der Waals surface area contributed by atoms with Crippen molar-refractivity contribution < 1.29 is 37.6 Å². The van der Waals surface area contributed by atoms with Crippen LogP contribution in [0.25, 0.3) is 0 Å². The fourth-order valence-electron chi connectivity index (χ4n) is 3.17. The molecule has 0 spiro atoms. The number of carbonyl (C=O) groups excluding carboxylic acids is 4. The number of benzene rings is 2. The lowest BCUT2D eigenvalue weighted by Gasteiger charge is -2.29. The summed E-state index contributed by atoms with van der Waals surface area (Å²) in [4.78, 5) is 50.6. The van der Waals surface area contributed by atoms with Crippen LogP contribution in [0.15, 0.2) is 42.5 Å². The first kappa shape index (κ1) is 14.7. The van der Waals surface area contributed by atoms with Gasteiger partial charge in [-0.1, -0.05) is 35.9 Å². The van der Waals surface area contributed by atoms with E-state index in [0.717, 1.165) is 42.5 Å². The standard InChI is InChI=1S/C22H18ClF2N3O4/c23-15-4-2-14(3-5-15)22(24,25)21(32)26-10-12-1-6-16-13(9-12)11-28(20(16)31)17-7-8-18(29)27-19(17)30/h1-6,9,17H,7-8,10-11H2,(H,26,32)(H,27,29,30)/t17-/m1/s1/i7D,8D,10D2,17D/hD2/t7?,8?,17-. The number of imide groups is 1. The number of carbonyl (C=O) groups is 4. The van der Waals surface area contributed by atoms with Gasteiger partial charge in [0.05, 0.1) is 4.11 Å². The maximum Gasteiger partial charge on any atom is 0.349 e. The Hall–Kier alpha value is -3.33. The summed E-state index contributed by atoms with van der Waals surface area (Å²) in [5, 5.41) is -0.675. The highest BCUT2D eigenvalue weighted by atomic mass is 35.5. The molecule has 4 amide bonds. The van der Waals surface area contributed by atoms with Gasteiger partial charge >= 0.3 is 5.92 Å². The third kappa shape index (κ3) is 4.08. The third-order valence-electron chi connectivity index (χ3n) is 4.78. The van der Waals surface area contributed by atoms with Crippen LogP contribution < -0.4 is 10.6 Å². The maximum atomic E-state index is 14.8. The van der Waals surface area contributed by atoms with Gasteiger partial charge < -0.3 is 10.2 Å². The number of halogens is 3. The van der Waals surface area contributed by atoms with E-state index in [9.17, 15) is 28.0 Å². The molecule has 2 aliphatic rings. The van der Waals surface area contributed by atoms with Gasteiger partial charge in [-0.15, -0.1) is 0 Å². The summed E-state index contributed by atoms with van der Waals surface area (Å²) in [5.41, 5.74) is -1.50. The second-order valence-electron chi connectivity index (χ2n) is 6.85. The lowest BCUT2D eigenvalue weighted by Crippen LogP contribution is -2.52. The SMILES string of the molecule is [2H]C1C(=O)N([2H])C(=O)[C@]([2H])(N2Cc3cc(C([2H])([2H])N([2H])C(=O)C(F)(F)c4ccc(Cl)cc4)ccc3C2=O)C1[2H]. The number of hydrogen-bond donors (Lipinski definition) is 2. The van der Waals surface area contributed by atoms with Crippen LogP contribution in [-0.4, -0.2) is 34.5 Å². The number of alkyl halides is 2. The van der Waals surface area contributed by atoms with E-state index in [4.69, 9.17) is 21.3 Å². The van der Waals surface area contributed by atoms with Crippen molar-refractivity contribution in [2.24, 2.45) is 0 Å². The first-order valence-corrected chi connectivity index (χ1v) is 9.49. The number of amides is 4. The molecule has 32 heavy (non-hydrogen) atoms. The number of nitrogens with one attached hydrogen (secondary N) is 2. The van der Waals surface area contributed by atoms with E-state index in [2.05, 4.69) is 0 Å². The molecule has 10 heteroatoms. The molecule has 0 bridgehead atoms. The highest BCUT2D eigenvalue weighted by Crippen LogP contribution is 2.30. The molecule has 1 fully saturated rings. The van der Waals surface area contributed by atoms with Crippen molar-refractivity contribution in [3.05, 3.63) is 69.7 Å². The van der Waals surface area contributed by atoms with Gasteiger partial charge in [0.25, 0.3) is 11.8 Å². The first-order valence-electron chi connectivity index (χ1n) is 12.7. The minimum absolute atomic E-state index is 0.0340. The Kier molecular flexibility index (Phi) is 3.81. The van der Waals surface area contributed by atoms with Crippen molar-refractivity contribution in [1.82, 2.24) is 15.5 Å². The van der Waals surface area contributed by atoms with Crippen LogP contribution in [0.1, 0.15) is 46.7 Å². The molecular weight excluding hydrogens is 444 g/mol. The van der Waals surface area contributed by atoms with Crippen LogP contribution >= 0.6 is 11.6 Å². The van der Waals surface area contributed by atoms with Crippen molar-refractivity contribution in [2.75, 3.05) is 0 Å². The van der Waals surface area contributed by atoms with E-state index in [0.29, 0.717) is 4.90 Å². The summed E-state index contributed by atoms with van der Waals surface area (Å²) in [7, 11) is 0. The van der Waals surface area contributed by atoms with Gasteiger partial charge in [0.1, 0.15) is 6.02 Å². The number of nitrogens with zero attached hydrogens (tertiary/aromatic N) is 1. The van der Waals surface area contributed by atoms with E-state index in [-0.39, 0.29) is 21.5 Å². The molecule has 4 rings (SSSR count). The Balaban J connectivity index is 1.64. The molecule has 166 valence electrons. The van der Waals surface area contributed by atoms with Crippen molar-refractivity contribution in [3.8, 4) is 0 Å². The highest BCUT2D eigenvalue weighted by molar-refractivity contribution is 6.30. The Morgan fingerprint density at radius 1 is 1.34 bits per heavy atom. The quantitative estimate of drug-likeness (QED) is 0.659. The molecule has 2 aromatic carbocycles. The smallest absolute Gasteiger partial charge is 0.346 e. The summed E-state index contributed by atoms with van der Waals surface area (Å²) in [6.07, 6.45) is -4.08. The van der Waals surface area contributed by atoms with Crippen molar-refractivity contribution in [3.63, 3.8) is 0 Å². The summed E-state index contributed by atoms with van der Waals surface area (Å²) in [6.45, 7) is -3.74. The molecular formula is C22H18ClF2N3O4. The zero-order valence-electron chi connectivity index (χ0n) is 23.0. The minimum atomic E-state index is -4.29. The van der Waals surface area contributed by atoms with E-state index in [1.165, 1.54) is 0 Å². The van der Waals surface area contributed by atoms with Gasteiger partial charge in [-0.2, -0.15) is 8.78 Å². The van der Waals surface area contributed by atoms with Crippen molar-refractivity contribution in [1.29, 1.82) is 0 Å². The Morgan fingerprint density at radius 3 is 2.78 bits per heavy atom. The van der Waals surface area contributed by atoms with E-state index in [1.54, 1.807) is 0 Å². The van der Waals surface area contributed by atoms with Gasteiger partial charge in [-0.3, -0.25) is 24.5 Å². The molecule has 0 aliphatic carbocycles. The third-order valence-corrected chi connectivity index (χ3v) is 5.03. The lowest BCUT2D eigenvalue weighted by molar-refractivity contribution is -0.147. The average Bonchev–Trinajstić information content (AvgIpc) is 3.25. The van der Waals surface area contributed by atoms with Crippen molar-refractivity contribution in [2.45, 2.75) is 37.8 Å². The van der Waals surface area contributed by atoms with E-state index in [1.807, 2.05) is 0 Å². The van der Waals surface area contributed by atoms with E-state index < -0.39 is 77.8 Å². The zero-order chi connectivity index (χ0) is 29.2. The average molecular weight is 469 g/mol. The van der Waals surface area contributed by atoms with Gasteiger partial charge in [-0.05, 0) is 35.7 Å². The lowest BCUT2D eigenvalue weighted by atomic mass is 10.0. The molecule has 2 N–H and O–H groups in total. The molecule has 0 aromatic heterocycles. The number of piperidine rings is 1. The van der Waals surface area contributed by atoms with Crippen LogP contribution in [0.4, 0.5) is 8.78 Å². The monoisotopic (exact) mass is 468 g/mol. The molecule has 2 aliphatic heterocycles. The molecule has 2 unspecified atom stereocenters. The minimum Gasteiger partial charge on any atom is -0.346 e. The summed E-state index contributed by atoms with van der Waals surface area (Å²) in [6, 6.07) is 4.05. The highest BCUT2D eigenvalue weighted by Gasteiger charge is 2.41. The normalized spacial score (nSPS) is 29.2. The van der Waals surface area contributed by atoms with Gasteiger partial charge in [0.2, 0.25) is 11.8 Å². The molecule has 2 heterocycles. The van der Waals surface area contributed by atoms with Gasteiger partial charge in [-0.25, -0.2) is 0 Å². The molecule has 0 saturated carbocycles. The maximum absolute atomic E-state index is 14.8. The summed E-state index contributed by atoms with van der Waals surface area (Å²) < 4.78 is 86.0. The van der Waals surface area contributed by atoms with Crippen LogP contribution in [-0.2, 0) is 33.3 Å². The number of fused-ring (bicyclic) bond motifs is 1. The number of hydrogen-bond acceptors (Lipinski definition) is 4. The summed E-state index contributed by atoms with van der Waals surface area (Å²) >= 11 is 5.68. The van der Waals surface area contributed by atoms with Crippen LogP contribution in [0.3, 0.4) is 0 Å². The van der Waals surface area contributed by atoms with E-state index >= 15 is 0 Å². The molecule has 1 saturated heterocycles. The van der Waals surface area contributed by atoms with Crippen molar-refractivity contribution >= 4 is 35.2 Å². The molecule has 7 nitrogen and oxygen atoms in total. The molecule has 3 atom stereocenters. The fourth-order valence-corrected chi connectivity index (χ4v) is 3.30. The van der Waals surface area contributed by atoms with Crippen LogP contribution in [0.2, 0.25) is 7.85 Å². The molecule has 0 radical (unpaired) electrons. The Labute approximate surface area is 196 Å². The predicted molar refractivity (Wildman–Crippen MR) is 110 cm³/mol. The van der Waals surface area contributed by atoms with Gasteiger partial charge in [0, 0.05) is 38.3 Å². The fraction of sp³-hybridized carbons (Fsp3) is 0.273. The van der Waals surface area contributed by atoms with Crippen LogP contribution in [0, 0.1) is 0 Å². The first-order chi connectivity index (χ1) is 18.0. The zero-order valence-corrected chi connectivity index (χ0v) is 16.8. The second-order valence-corrected chi connectivity index (χ2v) is 7.28. The second kappa shape index (κ2) is 8.31. The Morgan fingerprint density at radius 2 is 2.06 bits per heavy atom. The summed E-state index contributed by atoms with van der Waals surface area (Å²) in [5.74, 6) is -10.3.